The van der Waals surface area contributed by atoms with E-state index in [1.54, 1.807) is 0 Å². The summed E-state index contributed by atoms with van der Waals surface area (Å²) in [5.41, 5.74) is 5.84. The molecule has 16 heavy (non-hydrogen) atoms. The Morgan fingerprint density at radius 2 is 2.12 bits per heavy atom. The van der Waals surface area contributed by atoms with Crippen LogP contribution in [0, 0.1) is 18.6 Å². The van der Waals surface area contributed by atoms with E-state index in [2.05, 4.69) is 10.1 Å². The van der Waals surface area contributed by atoms with Crippen LogP contribution in [0.25, 0.3) is 11.4 Å². The van der Waals surface area contributed by atoms with E-state index >= 15 is 0 Å². The maximum Gasteiger partial charge on any atom is 0.240 e. The van der Waals surface area contributed by atoms with Crippen molar-refractivity contribution >= 4 is 0 Å². The molecule has 2 rings (SSSR count). The second kappa shape index (κ2) is 3.97. The molecule has 0 spiro atoms. The third kappa shape index (κ3) is 1.79. The Hall–Kier alpha value is -1.82. The van der Waals surface area contributed by atoms with Crippen molar-refractivity contribution in [2.45, 2.75) is 13.5 Å². The molecule has 0 amide bonds. The minimum atomic E-state index is -0.936. The number of aromatic nitrogens is 2. The largest absolute Gasteiger partial charge is 0.338 e. The van der Waals surface area contributed by atoms with Gasteiger partial charge < -0.3 is 10.3 Å². The van der Waals surface area contributed by atoms with E-state index in [9.17, 15) is 8.78 Å². The lowest BCUT2D eigenvalue weighted by Crippen LogP contribution is -1.96. The van der Waals surface area contributed by atoms with Gasteiger partial charge in [0.15, 0.2) is 11.6 Å². The molecule has 2 aromatic rings. The number of hydrogen-bond donors (Lipinski definition) is 1. The molecule has 2 N–H and O–H groups in total. The van der Waals surface area contributed by atoms with Crippen LogP contribution in [0.5, 0.6) is 0 Å². The molecule has 4 nitrogen and oxygen atoms in total. The molecule has 0 bridgehead atoms. The van der Waals surface area contributed by atoms with E-state index < -0.39 is 11.6 Å². The first kappa shape index (κ1) is 10.7. The maximum atomic E-state index is 13.1. The highest BCUT2D eigenvalue weighted by atomic mass is 19.2. The summed E-state index contributed by atoms with van der Waals surface area (Å²) in [7, 11) is 0. The van der Waals surface area contributed by atoms with Gasteiger partial charge in [0.25, 0.3) is 0 Å². The molecule has 0 atom stereocenters. The predicted octanol–water partition coefficient (Wildman–Crippen LogP) is 1.78. The van der Waals surface area contributed by atoms with Crippen molar-refractivity contribution in [1.29, 1.82) is 0 Å². The van der Waals surface area contributed by atoms with Crippen molar-refractivity contribution in [3.8, 4) is 11.4 Å². The molecule has 0 saturated carbocycles. The van der Waals surface area contributed by atoms with Crippen molar-refractivity contribution in [3.05, 3.63) is 35.2 Å². The molecule has 1 heterocycles. The molecular formula is C10H9F2N3O. The molecule has 6 heteroatoms. The SMILES string of the molecule is Cc1cc(-c2noc(CN)n2)cc(F)c1F. The fraction of sp³-hybridized carbons (Fsp3) is 0.200. The van der Waals surface area contributed by atoms with Crippen LogP contribution in [-0.4, -0.2) is 10.1 Å². The second-order valence-electron chi connectivity index (χ2n) is 3.30. The molecule has 0 radical (unpaired) electrons. The van der Waals surface area contributed by atoms with Gasteiger partial charge in [-0.15, -0.1) is 0 Å². The normalized spacial score (nSPS) is 10.8. The lowest BCUT2D eigenvalue weighted by molar-refractivity contribution is 0.380. The van der Waals surface area contributed by atoms with Crippen LogP contribution in [-0.2, 0) is 6.54 Å². The number of halogens is 2. The zero-order valence-corrected chi connectivity index (χ0v) is 8.50. The summed E-state index contributed by atoms with van der Waals surface area (Å²) < 4.78 is 30.9. The van der Waals surface area contributed by atoms with Gasteiger partial charge in [0, 0.05) is 5.56 Å². The van der Waals surface area contributed by atoms with Crippen molar-refractivity contribution in [1.82, 2.24) is 10.1 Å². The summed E-state index contributed by atoms with van der Waals surface area (Å²) in [5.74, 6) is -1.36. The molecule has 0 aliphatic heterocycles. The lowest BCUT2D eigenvalue weighted by atomic mass is 10.1. The van der Waals surface area contributed by atoms with E-state index in [1.807, 2.05) is 0 Å². The van der Waals surface area contributed by atoms with E-state index in [-0.39, 0.29) is 23.8 Å². The Bertz CT molecular complexity index is 502. The molecule has 0 fully saturated rings. The Morgan fingerprint density at radius 1 is 1.38 bits per heavy atom. The quantitative estimate of drug-likeness (QED) is 0.846. The second-order valence-corrected chi connectivity index (χ2v) is 3.30. The Morgan fingerprint density at radius 3 is 2.69 bits per heavy atom. The van der Waals surface area contributed by atoms with Crippen LogP contribution in [0.15, 0.2) is 16.7 Å². The first-order chi connectivity index (χ1) is 7.61. The molecule has 0 aliphatic carbocycles. The number of nitrogens with two attached hydrogens (primary N) is 1. The van der Waals surface area contributed by atoms with E-state index in [0.717, 1.165) is 6.07 Å². The topological polar surface area (TPSA) is 64.9 Å². The number of hydrogen-bond acceptors (Lipinski definition) is 4. The highest BCUT2D eigenvalue weighted by Crippen LogP contribution is 2.21. The smallest absolute Gasteiger partial charge is 0.240 e. The van der Waals surface area contributed by atoms with Gasteiger partial charge >= 0.3 is 0 Å². The summed E-state index contributed by atoms with van der Waals surface area (Å²) in [6.07, 6.45) is 0. The molecule has 1 aromatic heterocycles. The van der Waals surface area contributed by atoms with Gasteiger partial charge in [-0.2, -0.15) is 4.98 Å². The van der Waals surface area contributed by atoms with E-state index in [1.165, 1.54) is 13.0 Å². The van der Waals surface area contributed by atoms with Gasteiger partial charge in [-0.25, -0.2) is 8.78 Å². The fourth-order valence-electron chi connectivity index (χ4n) is 1.31. The molecule has 84 valence electrons. The van der Waals surface area contributed by atoms with Gasteiger partial charge in [-0.05, 0) is 24.6 Å². The van der Waals surface area contributed by atoms with Gasteiger partial charge in [0.1, 0.15) is 0 Å². The maximum absolute atomic E-state index is 13.1. The molecule has 0 unspecified atom stereocenters. The average molecular weight is 225 g/mol. The standard InChI is InChI=1S/C10H9F2N3O/c1-5-2-6(3-7(11)9(5)12)10-14-8(4-13)16-15-10/h2-3H,4,13H2,1H3. The minimum absolute atomic E-state index is 0.107. The van der Waals surface area contributed by atoms with Crippen molar-refractivity contribution in [2.75, 3.05) is 0 Å². The van der Waals surface area contributed by atoms with E-state index in [0.29, 0.717) is 5.56 Å². The van der Waals surface area contributed by atoms with E-state index in [4.69, 9.17) is 10.3 Å². The zero-order valence-electron chi connectivity index (χ0n) is 8.50. The van der Waals surface area contributed by atoms with Crippen molar-refractivity contribution in [2.24, 2.45) is 5.73 Å². The monoisotopic (exact) mass is 225 g/mol. The summed E-state index contributed by atoms with van der Waals surface area (Å²) in [6, 6.07) is 2.47. The fourth-order valence-corrected chi connectivity index (χ4v) is 1.31. The number of nitrogens with zero attached hydrogens (tertiary/aromatic N) is 2. The van der Waals surface area contributed by atoms with Crippen LogP contribution in [0.4, 0.5) is 8.78 Å². The first-order valence-electron chi connectivity index (χ1n) is 4.60. The van der Waals surface area contributed by atoms with Gasteiger partial charge in [0.05, 0.1) is 6.54 Å². The Kier molecular flexibility index (Phi) is 2.66. The van der Waals surface area contributed by atoms with Crippen LogP contribution in [0.2, 0.25) is 0 Å². The number of aryl methyl sites for hydroxylation is 1. The summed E-state index contributed by atoms with van der Waals surface area (Å²) in [6.45, 7) is 1.57. The van der Waals surface area contributed by atoms with Crippen LogP contribution in [0.3, 0.4) is 0 Å². The van der Waals surface area contributed by atoms with Crippen molar-refractivity contribution < 1.29 is 13.3 Å². The Balaban J connectivity index is 2.48. The van der Waals surface area contributed by atoms with Gasteiger partial charge in [0.2, 0.25) is 11.7 Å². The average Bonchev–Trinajstić information content (AvgIpc) is 2.73. The number of benzene rings is 1. The van der Waals surface area contributed by atoms with Crippen LogP contribution < -0.4 is 5.73 Å². The molecule has 1 aromatic carbocycles. The van der Waals surface area contributed by atoms with Crippen LogP contribution >= 0.6 is 0 Å². The highest BCUT2D eigenvalue weighted by molar-refractivity contribution is 5.55. The summed E-state index contributed by atoms with van der Waals surface area (Å²) in [5, 5.41) is 3.61. The predicted molar refractivity (Wildman–Crippen MR) is 52.3 cm³/mol. The van der Waals surface area contributed by atoms with Crippen molar-refractivity contribution in [3.63, 3.8) is 0 Å². The van der Waals surface area contributed by atoms with Gasteiger partial charge in [-0.1, -0.05) is 5.16 Å². The molecule has 0 aliphatic rings. The highest BCUT2D eigenvalue weighted by Gasteiger charge is 2.12. The summed E-state index contributed by atoms with van der Waals surface area (Å²) >= 11 is 0. The third-order valence-corrected chi connectivity index (χ3v) is 2.11. The first-order valence-corrected chi connectivity index (χ1v) is 4.60. The van der Waals surface area contributed by atoms with Gasteiger partial charge in [-0.3, -0.25) is 0 Å². The van der Waals surface area contributed by atoms with Crippen LogP contribution in [0.1, 0.15) is 11.5 Å². The molecule has 0 saturated heterocycles. The minimum Gasteiger partial charge on any atom is -0.338 e. The zero-order chi connectivity index (χ0) is 11.7. The lowest BCUT2D eigenvalue weighted by Gasteiger charge is -2.00. The Labute approximate surface area is 90.1 Å². The molecular weight excluding hydrogens is 216 g/mol. The third-order valence-electron chi connectivity index (χ3n) is 2.11. The number of rotatable bonds is 2. The summed E-state index contributed by atoms with van der Waals surface area (Å²) in [4.78, 5) is 3.92.